The van der Waals surface area contributed by atoms with Gasteiger partial charge in [-0.2, -0.15) is 0 Å². The fourth-order valence-electron chi connectivity index (χ4n) is 1.23. The van der Waals surface area contributed by atoms with Crippen molar-refractivity contribution in [2.45, 2.75) is 13.3 Å². The molecule has 15 heavy (non-hydrogen) atoms. The second kappa shape index (κ2) is 4.64. The summed E-state index contributed by atoms with van der Waals surface area (Å²) < 4.78 is 0.912. The van der Waals surface area contributed by atoms with Crippen LogP contribution in [0.4, 0.5) is 0 Å². The van der Waals surface area contributed by atoms with Gasteiger partial charge < -0.3 is 0 Å². The van der Waals surface area contributed by atoms with E-state index in [4.69, 9.17) is 11.6 Å². The maximum absolute atomic E-state index is 5.94. The van der Waals surface area contributed by atoms with Crippen LogP contribution in [0.15, 0.2) is 28.9 Å². The highest BCUT2D eigenvalue weighted by Gasteiger charge is 2.05. The number of nitrogens with zero attached hydrogens (tertiary/aromatic N) is 1. The molecule has 1 aromatic carbocycles. The molecule has 0 bridgehead atoms. The van der Waals surface area contributed by atoms with Crippen LogP contribution in [-0.4, -0.2) is 4.98 Å². The lowest BCUT2D eigenvalue weighted by Gasteiger charge is -1.99. The van der Waals surface area contributed by atoms with E-state index in [1.807, 2.05) is 24.4 Å². The van der Waals surface area contributed by atoms with Crippen molar-refractivity contribution in [1.82, 2.24) is 4.98 Å². The summed E-state index contributed by atoms with van der Waals surface area (Å²) in [5, 5.41) is 1.77. The minimum atomic E-state index is 0.728. The van der Waals surface area contributed by atoms with Crippen LogP contribution >= 0.6 is 38.9 Å². The Bertz CT molecular complexity index is 481. The molecule has 0 aliphatic rings. The predicted octanol–water partition coefficient (Wildman–Crippen LogP) is 4.79. The highest BCUT2D eigenvalue weighted by atomic mass is 79.9. The predicted molar refractivity (Wildman–Crippen MR) is 69.6 cm³/mol. The molecule has 0 N–H and O–H groups in total. The second-order valence-corrected chi connectivity index (χ2v) is 5.49. The summed E-state index contributed by atoms with van der Waals surface area (Å²) in [7, 11) is 0. The van der Waals surface area contributed by atoms with E-state index in [1.165, 1.54) is 4.88 Å². The number of benzene rings is 1. The van der Waals surface area contributed by atoms with Gasteiger partial charge in [-0.25, -0.2) is 4.98 Å². The number of hydrogen-bond acceptors (Lipinski definition) is 2. The fourth-order valence-corrected chi connectivity index (χ4v) is 2.58. The van der Waals surface area contributed by atoms with Gasteiger partial charge in [-0.05, 0) is 34.5 Å². The van der Waals surface area contributed by atoms with Gasteiger partial charge in [-0.15, -0.1) is 11.3 Å². The van der Waals surface area contributed by atoms with Gasteiger partial charge in [0.1, 0.15) is 5.01 Å². The van der Waals surface area contributed by atoms with Crippen LogP contribution in [0.25, 0.3) is 10.6 Å². The molecule has 78 valence electrons. The van der Waals surface area contributed by atoms with E-state index in [0.29, 0.717) is 0 Å². The molecule has 0 spiro atoms. The van der Waals surface area contributed by atoms with Crippen molar-refractivity contribution in [1.29, 1.82) is 0 Å². The van der Waals surface area contributed by atoms with Crippen LogP contribution in [0.3, 0.4) is 0 Å². The summed E-state index contributed by atoms with van der Waals surface area (Å²) in [4.78, 5) is 5.68. The zero-order valence-corrected chi connectivity index (χ0v) is 11.3. The van der Waals surface area contributed by atoms with Gasteiger partial charge in [0, 0.05) is 21.1 Å². The van der Waals surface area contributed by atoms with Crippen LogP contribution < -0.4 is 0 Å². The van der Waals surface area contributed by atoms with Crippen LogP contribution in [0, 0.1) is 0 Å². The lowest BCUT2D eigenvalue weighted by atomic mass is 10.2. The van der Waals surface area contributed by atoms with Gasteiger partial charge in [0.15, 0.2) is 0 Å². The summed E-state index contributed by atoms with van der Waals surface area (Å²) in [5.74, 6) is 0. The molecule has 0 aliphatic heterocycles. The minimum absolute atomic E-state index is 0.728. The van der Waals surface area contributed by atoms with Crippen molar-refractivity contribution in [3.63, 3.8) is 0 Å². The Kier molecular flexibility index (Phi) is 3.44. The molecular weight excluding hydrogens is 294 g/mol. The SMILES string of the molecule is CCc1cnc(-c2ccc(Cl)c(Br)c2)s1. The van der Waals surface area contributed by atoms with Gasteiger partial charge in [0.2, 0.25) is 0 Å². The summed E-state index contributed by atoms with van der Waals surface area (Å²) in [6, 6.07) is 5.87. The van der Waals surface area contributed by atoms with Gasteiger partial charge in [-0.1, -0.05) is 24.6 Å². The number of rotatable bonds is 2. The summed E-state index contributed by atoms with van der Waals surface area (Å²) in [6.07, 6.45) is 2.97. The van der Waals surface area contributed by atoms with Gasteiger partial charge in [0.25, 0.3) is 0 Å². The molecule has 0 amide bonds. The largest absolute Gasteiger partial charge is 0.244 e. The minimum Gasteiger partial charge on any atom is -0.244 e. The summed E-state index contributed by atoms with van der Waals surface area (Å²) in [6.45, 7) is 2.13. The molecular formula is C11H9BrClNS. The second-order valence-electron chi connectivity index (χ2n) is 3.11. The van der Waals surface area contributed by atoms with E-state index < -0.39 is 0 Å². The molecule has 1 nitrogen and oxygen atoms in total. The first-order valence-electron chi connectivity index (χ1n) is 4.61. The Balaban J connectivity index is 2.40. The van der Waals surface area contributed by atoms with Gasteiger partial charge in [-0.3, -0.25) is 0 Å². The lowest BCUT2D eigenvalue weighted by Crippen LogP contribution is -1.76. The van der Waals surface area contributed by atoms with Gasteiger partial charge >= 0.3 is 0 Å². The van der Waals surface area contributed by atoms with Gasteiger partial charge in [0.05, 0.1) is 5.02 Å². The first-order valence-corrected chi connectivity index (χ1v) is 6.59. The first-order chi connectivity index (χ1) is 7.20. The molecule has 4 heteroatoms. The van der Waals surface area contributed by atoms with Crippen LogP contribution in [0.1, 0.15) is 11.8 Å². The molecule has 2 rings (SSSR count). The molecule has 1 aromatic heterocycles. The number of halogens is 2. The standard InChI is InChI=1S/C11H9BrClNS/c1-2-8-6-14-11(15-8)7-3-4-10(13)9(12)5-7/h3-6H,2H2,1H3. The maximum atomic E-state index is 5.94. The molecule has 0 saturated heterocycles. The zero-order chi connectivity index (χ0) is 10.8. The van der Waals surface area contributed by atoms with E-state index in [-0.39, 0.29) is 0 Å². The van der Waals surface area contributed by atoms with Crippen LogP contribution in [0.2, 0.25) is 5.02 Å². The Morgan fingerprint density at radius 1 is 1.47 bits per heavy atom. The molecule has 0 unspecified atom stereocenters. The Morgan fingerprint density at radius 2 is 2.27 bits per heavy atom. The van der Waals surface area contributed by atoms with Crippen molar-refractivity contribution in [2.24, 2.45) is 0 Å². The highest BCUT2D eigenvalue weighted by Crippen LogP contribution is 2.31. The fraction of sp³-hybridized carbons (Fsp3) is 0.182. The topological polar surface area (TPSA) is 12.9 Å². The molecule has 0 radical (unpaired) electrons. The molecule has 0 atom stereocenters. The van der Waals surface area contributed by atoms with Crippen molar-refractivity contribution in [2.75, 3.05) is 0 Å². The van der Waals surface area contributed by atoms with E-state index in [1.54, 1.807) is 11.3 Å². The first kappa shape index (κ1) is 11.1. The van der Waals surface area contributed by atoms with Crippen LogP contribution in [0.5, 0.6) is 0 Å². The quantitative estimate of drug-likeness (QED) is 0.777. The monoisotopic (exact) mass is 301 g/mol. The van der Waals surface area contributed by atoms with Crippen molar-refractivity contribution >= 4 is 38.9 Å². The summed E-state index contributed by atoms with van der Waals surface area (Å²) in [5.41, 5.74) is 1.11. The molecule has 2 aromatic rings. The third-order valence-electron chi connectivity index (χ3n) is 2.07. The average Bonchev–Trinajstić information content (AvgIpc) is 2.70. The van der Waals surface area contributed by atoms with Crippen molar-refractivity contribution < 1.29 is 0 Å². The Morgan fingerprint density at radius 3 is 2.87 bits per heavy atom. The van der Waals surface area contributed by atoms with E-state index in [0.717, 1.165) is 26.5 Å². The average molecular weight is 303 g/mol. The van der Waals surface area contributed by atoms with E-state index >= 15 is 0 Å². The number of aromatic nitrogens is 1. The smallest absolute Gasteiger partial charge is 0.123 e. The number of hydrogen-bond donors (Lipinski definition) is 0. The van der Waals surface area contributed by atoms with Crippen molar-refractivity contribution in [3.05, 3.63) is 38.8 Å². The Labute approximate surface area is 106 Å². The summed E-state index contributed by atoms with van der Waals surface area (Å²) >= 11 is 11.1. The maximum Gasteiger partial charge on any atom is 0.123 e. The van der Waals surface area contributed by atoms with E-state index in [9.17, 15) is 0 Å². The molecule has 0 fully saturated rings. The third-order valence-corrected chi connectivity index (χ3v) is 4.47. The third kappa shape index (κ3) is 2.41. The molecule has 0 aliphatic carbocycles. The van der Waals surface area contributed by atoms with Crippen LogP contribution in [-0.2, 0) is 6.42 Å². The highest BCUT2D eigenvalue weighted by molar-refractivity contribution is 9.10. The molecule has 1 heterocycles. The number of aryl methyl sites for hydroxylation is 1. The lowest BCUT2D eigenvalue weighted by molar-refractivity contribution is 1.17. The zero-order valence-electron chi connectivity index (χ0n) is 8.13. The normalized spacial score (nSPS) is 10.6. The van der Waals surface area contributed by atoms with E-state index in [2.05, 4.69) is 27.8 Å². The molecule has 0 saturated carbocycles. The Hall–Kier alpha value is -0.380. The van der Waals surface area contributed by atoms with Crippen molar-refractivity contribution in [3.8, 4) is 10.6 Å². The number of thiazole rings is 1.